The van der Waals surface area contributed by atoms with E-state index in [1.807, 2.05) is 19.1 Å². The lowest BCUT2D eigenvalue weighted by Crippen LogP contribution is -2.43. The molecule has 7 heteroatoms. The van der Waals surface area contributed by atoms with Crippen molar-refractivity contribution in [3.63, 3.8) is 0 Å². The van der Waals surface area contributed by atoms with Crippen molar-refractivity contribution in [2.75, 3.05) is 13.1 Å². The number of likely N-dealkylation sites (tertiary alicyclic amines) is 1. The van der Waals surface area contributed by atoms with Crippen LogP contribution in [-0.4, -0.2) is 29.8 Å². The zero-order chi connectivity index (χ0) is 21.9. The van der Waals surface area contributed by atoms with Crippen LogP contribution >= 0.6 is 0 Å². The third-order valence-corrected chi connectivity index (χ3v) is 5.54. The average molecular weight is 418 g/mol. The van der Waals surface area contributed by atoms with Gasteiger partial charge in [0.25, 0.3) is 5.91 Å². The molecule has 1 saturated heterocycles. The minimum Gasteiger partial charge on any atom is -0.349 e. The van der Waals surface area contributed by atoms with Crippen molar-refractivity contribution in [1.29, 1.82) is 0 Å². The van der Waals surface area contributed by atoms with Gasteiger partial charge in [-0.05, 0) is 50.5 Å². The molecule has 2 aromatic carbocycles. The second kappa shape index (κ2) is 8.90. The van der Waals surface area contributed by atoms with Crippen molar-refractivity contribution in [3.8, 4) is 0 Å². The summed E-state index contributed by atoms with van der Waals surface area (Å²) in [7, 11) is 0. The Morgan fingerprint density at radius 1 is 1.03 bits per heavy atom. The van der Waals surface area contributed by atoms with Crippen molar-refractivity contribution in [3.05, 3.63) is 70.8 Å². The molecule has 160 valence electrons. The van der Waals surface area contributed by atoms with Crippen molar-refractivity contribution in [2.45, 2.75) is 38.9 Å². The van der Waals surface area contributed by atoms with Crippen LogP contribution < -0.4 is 5.32 Å². The first-order chi connectivity index (χ1) is 14.2. The summed E-state index contributed by atoms with van der Waals surface area (Å²) in [6.45, 7) is 4.39. The van der Waals surface area contributed by atoms with E-state index in [4.69, 9.17) is 0 Å². The van der Waals surface area contributed by atoms with Gasteiger partial charge in [0.15, 0.2) is 0 Å². The number of aryl methyl sites for hydroxylation is 1. The fraction of sp³-hybridized carbons (Fsp3) is 0.391. The van der Waals surface area contributed by atoms with Crippen LogP contribution in [0.3, 0.4) is 0 Å². The second-order valence-corrected chi connectivity index (χ2v) is 7.75. The number of carbonyl (C=O) groups excluding carboxylic acids is 2. The van der Waals surface area contributed by atoms with Crippen LogP contribution in [0.2, 0.25) is 0 Å². The molecule has 0 bridgehead atoms. The third-order valence-electron chi connectivity index (χ3n) is 5.54. The highest BCUT2D eigenvalue weighted by molar-refractivity contribution is 5.94. The molecule has 1 fully saturated rings. The summed E-state index contributed by atoms with van der Waals surface area (Å²) in [5.41, 5.74) is 0.991. The smallest absolute Gasteiger partial charge is 0.349 e. The van der Waals surface area contributed by atoms with Gasteiger partial charge in [0.1, 0.15) is 0 Å². The van der Waals surface area contributed by atoms with E-state index < -0.39 is 17.8 Å². The fourth-order valence-corrected chi connectivity index (χ4v) is 3.77. The van der Waals surface area contributed by atoms with E-state index in [1.54, 1.807) is 24.0 Å². The van der Waals surface area contributed by atoms with Gasteiger partial charge in [-0.25, -0.2) is 0 Å². The summed E-state index contributed by atoms with van der Waals surface area (Å²) < 4.78 is 39.7. The number of benzene rings is 2. The molecule has 1 heterocycles. The lowest BCUT2D eigenvalue weighted by Gasteiger charge is -2.32. The number of nitrogens with zero attached hydrogens (tertiary/aromatic N) is 1. The molecule has 1 aliphatic heterocycles. The monoisotopic (exact) mass is 418 g/mol. The number of carbonyl (C=O) groups is 2. The molecule has 0 spiro atoms. The van der Waals surface area contributed by atoms with Gasteiger partial charge in [0.05, 0.1) is 11.6 Å². The average Bonchev–Trinajstić information content (AvgIpc) is 2.73. The summed E-state index contributed by atoms with van der Waals surface area (Å²) in [6.07, 6.45) is -3.51. The van der Waals surface area contributed by atoms with Gasteiger partial charge in [0, 0.05) is 24.6 Å². The first kappa shape index (κ1) is 21.9. The van der Waals surface area contributed by atoms with Crippen molar-refractivity contribution < 1.29 is 22.8 Å². The van der Waals surface area contributed by atoms with Gasteiger partial charge >= 0.3 is 6.18 Å². The van der Waals surface area contributed by atoms with Crippen LogP contribution in [0.1, 0.15) is 52.9 Å². The zero-order valence-electron chi connectivity index (χ0n) is 17.0. The molecule has 0 aromatic heterocycles. The number of hydrogen-bond donors (Lipinski definition) is 1. The number of rotatable bonds is 4. The predicted octanol–water partition coefficient (Wildman–Crippen LogP) is 4.74. The van der Waals surface area contributed by atoms with Crippen molar-refractivity contribution >= 4 is 11.8 Å². The topological polar surface area (TPSA) is 49.4 Å². The maximum Gasteiger partial charge on any atom is 0.416 e. The minimum atomic E-state index is -4.47. The maximum atomic E-state index is 13.2. The Kier molecular flexibility index (Phi) is 6.48. The number of amides is 2. The highest BCUT2D eigenvalue weighted by Gasteiger charge is 2.35. The Morgan fingerprint density at radius 3 is 2.23 bits per heavy atom. The van der Waals surface area contributed by atoms with Crippen LogP contribution in [0.25, 0.3) is 0 Å². The SMILES string of the molecule is Cc1ccc(C(=O)N2CCC(C(=O)NC(C)c3ccccc3C(F)(F)F)CC2)cc1. The van der Waals surface area contributed by atoms with E-state index in [2.05, 4.69) is 5.32 Å². The summed E-state index contributed by atoms with van der Waals surface area (Å²) >= 11 is 0. The second-order valence-electron chi connectivity index (χ2n) is 7.75. The molecule has 30 heavy (non-hydrogen) atoms. The molecule has 2 amide bonds. The summed E-state index contributed by atoms with van der Waals surface area (Å²) in [5.74, 6) is -0.671. The van der Waals surface area contributed by atoms with E-state index in [9.17, 15) is 22.8 Å². The van der Waals surface area contributed by atoms with Crippen LogP contribution in [-0.2, 0) is 11.0 Å². The minimum absolute atomic E-state index is 0.0466. The molecule has 0 radical (unpaired) electrons. The maximum absolute atomic E-state index is 13.2. The summed E-state index contributed by atoms with van der Waals surface area (Å²) in [4.78, 5) is 27.0. The van der Waals surface area contributed by atoms with Gasteiger partial charge in [0.2, 0.25) is 5.91 Å². The normalized spacial score (nSPS) is 16.2. The molecule has 1 aliphatic rings. The number of nitrogens with one attached hydrogen (secondary N) is 1. The molecule has 3 rings (SSSR count). The lowest BCUT2D eigenvalue weighted by molar-refractivity contribution is -0.139. The van der Waals surface area contributed by atoms with Crippen LogP contribution in [0.5, 0.6) is 0 Å². The summed E-state index contributed by atoms with van der Waals surface area (Å²) in [5, 5.41) is 2.72. The Balaban J connectivity index is 1.58. The first-order valence-corrected chi connectivity index (χ1v) is 9.99. The number of hydrogen-bond acceptors (Lipinski definition) is 2. The first-order valence-electron chi connectivity index (χ1n) is 9.99. The largest absolute Gasteiger partial charge is 0.416 e. The summed E-state index contributed by atoms with van der Waals surface area (Å²) in [6, 6.07) is 11.9. The zero-order valence-corrected chi connectivity index (χ0v) is 17.0. The van der Waals surface area contributed by atoms with E-state index >= 15 is 0 Å². The van der Waals surface area contributed by atoms with Crippen molar-refractivity contribution in [1.82, 2.24) is 10.2 Å². The van der Waals surface area contributed by atoms with E-state index in [0.717, 1.165) is 11.6 Å². The van der Waals surface area contributed by atoms with Gasteiger partial charge in [-0.3, -0.25) is 9.59 Å². The molecular weight excluding hydrogens is 393 g/mol. The van der Waals surface area contributed by atoms with Crippen LogP contribution in [0, 0.1) is 12.8 Å². The number of piperidine rings is 1. The molecule has 2 aromatic rings. The molecule has 1 unspecified atom stereocenters. The van der Waals surface area contributed by atoms with E-state index in [1.165, 1.54) is 18.2 Å². The molecule has 1 atom stereocenters. The van der Waals surface area contributed by atoms with Crippen molar-refractivity contribution in [2.24, 2.45) is 5.92 Å². The quantitative estimate of drug-likeness (QED) is 0.780. The van der Waals surface area contributed by atoms with Crippen LogP contribution in [0.15, 0.2) is 48.5 Å². The van der Waals surface area contributed by atoms with Gasteiger partial charge in [-0.15, -0.1) is 0 Å². The Bertz CT molecular complexity index is 901. The van der Waals surface area contributed by atoms with E-state index in [-0.39, 0.29) is 23.3 Å². The fourth-order valence-electron chi connectivity index (χ4n) is 3.77. The highest BCUT2D eigenvalue weighted by atomic mass is 19.4. The third kappa shape index (κ3) is 5.01. The predicted molar refractivity (Wildman–Crippen MR) is 108 cm³/mol. The number of halogens is 3. The standard InChI is InChI=1S/C23H25F3N2O2/c1-15-7-9-18(10-8-15)22(30)28-13-11-17(12-14-28)21(29)27-16(2)19-5-3-4-6-20(19)23(24,25)26/h3-10,16-17H,11-14H2,1-2H3,(H,27,29). The lowest BCUT2D eigenvalue weighted by atomic mass is 9.94. The molecule has 1 N–H and O–H groups in total. The number of alkyl halides is 3. The molecule has 0 saturated carbocycles. The van der Waals surface area contributed by atoms with Gasteiger partial charge in [-0.2, -0.15) is 13.2 Å². The van der Waals surface area contributed by atoms with E-state index in [0.29, 0.717) is 31.5 Å². The van der Waals surface area contributed by atoms with Gasteiger partial charge in [-0.1, -0.05) is 35.9 Å². The molecular formula is C23H25F3N2O2. The van der Waals surface area contributed by atoms with Gasteiger partial charge < -0.3 is 10.2 Å². The Morgan fingerprint density at radius 2 is 1.63 bits per heavy atom. The molecule has 0 aliphatic carbocycles. The Hall–Kier alpha value is -2.83. The van der Waals surface area contributed by atoms with Crippen LogP contribution in [0.4, 0.5) is 13.2 Å². The highest BCUT2D eigenvalue weighted by Crippen LogP contribution is 2.34. The Labute approximate surface area is 174 Å². The molecule has 4 nitrogen and oxygen atoms in total.